The monoisotopic (exact) mass is 281 g/mol. The zero-order valence-electron chi connectivity index (χ0n) is 9.89. The summed E-state index contributed by atoms with van der Waals surface area (Å²) in [7, 11) is 0. The fraction of sp³-hybridized carbons (Fsp3) is 0.231. The van der Waals surface area contributed by atoms with Crippen LogP contribution in [0.1, 0.15) is 20.7 Å². The second-order valence-corrected chi connectivity index (χ2v) is 4.49. The van der Waals surface area contributed by atoms with E-state index >= 15 is 0 Å². The molecule has 0 aromatic heterocycles. The third kappa shape index (κ3) is 2.53. The van der Waals surface area contributed by atoms with Gasteiger partial charge in [0.25, 0.3) is 0 Å². The summed E-state index contributed by atoms with van der Waals surface area (Å²) in [6.45, 7) is -0.514. The van der Waals surface area contributed by atoms with Gasteiger partial charge in [-0.2, -0.15) is 0 Å². The first-order valence-corrected chi connectivity index (χ1v) is 6.05. The van der Waals surface area contributed by atoms with Crippen LogP contribution in [0, 0.1) is 0 Å². The largest absolute Gasteiger partial charge is 0.394 e. The molecule has 19 heavy (non-hydrogen) atoms. The smallest absolute Gasteiger partial charge is 0.211 e. The number of fused-ring (bicyclic) bond motifs is 1. The van der Waals surface area contributed by atoms with Crippen LogP contribution in [0.2, 0.25) is 0 Å². The molecule has 1 atom stereocenters. The Labute approximate surface area is 114 Å². The van der Waals surface area contributed by atoms with Gasteiger partial charge >= 0.3 is 0 Å². The molecule has 1 unspecified atom stereocenters. The zero-order chi connectivity index (χ0) is 14.0. The highest BCUT2D eigenvalue weighted by Gasteiger charge is 2.31. The molecule has 5 nitrogen and oxygen atoms in total. The molecule has 2 rings (SSSR count). The van der Waals surface area contributed by atoms with E-state index in [1.807, 2.05) is 0 Å². The van der Waals surface area contributed by atoms with Crippen molar-refractivity contribution in [2.75, 3.05) is 13.2 Å². The van der Waals surface area contributed by atoms with Crippen molar-refractivity contribution in [3.05, 3.63) is 46.1 Å². The van der Waals surface area contributed by atoms with E-state index in [-0.39, 0.29) is 28.4 Å². The Morgan fingerprint density at radius 1 is 1.16 bits per heavy atom. The predicted molar refractivity (Wildman–Crippen MR) is 69.1 cm³/mol. The highest BCUT2D eigenvalue weighted by Crippen LogP contribution is 2.26. The fourth-order valence-corrected chi connectivity index (χ4v) is 2.04. The maximum atomic E-state index is 12.2. The predicted octanol–water partition coefficient (Wildman–Crippen LogP) is 0.459. The topological polar surface area (TPSA) is 86.6 Å². The minimum atomic E-state index is -1.03. The first kappa shape index (κ1) is 13.7. The van der Waals surface area contributed by atoms with Gasteiger partial charge in [0, 0.05) is 17.7 Å². The second kappa shape index (κ2) is 5.52. The van der Waals surface area contributed by atoms with E-state index in [0.717, 1.165) is 0 Å². The first-order chi connectivity index (χ1) is 9.06. The Bertz CT molecular complexity index is 568. The van der Waals surface area contributed by atoms with Crippen LogP contribution in [0.5, 0.6) is 0 Å². The maximum absolute atomic E-state index is 12.2. The highest BCUT2D eigenvalue weighted by atomic mass is 35.5. The SMILES string of the molecule is O=C1C(Cl)=C(NCC(O)CO)C(=O)c2ccccc21. The molecule has 1 aromatic rings. The number of carbonyl (C=O) groups is 2. The molecule has 0 aliphatic heterocycles. The lowest BCUT2D eigenvalue weighted by molar-refractivity contribution is 0.0914. The van der Waals surface area contributed by atoms with E-state index in [1.165, 1.54) is 6.07 Å². The van der Waals surface area contributed by atoms with Crippen LogP contribution in [0.3, 0.4) is 0 Å². The molecule has 100 valence electrons. The first-order valence-electron chi connectivity index (χ1n) is 5.67. The van der Waals surface area contributed by atoms with Gasteiger partial charge in [0.15, 0.2) is 0 Å². The molecule has 6 heteroatoms. The third-order valence-corrected chi connectivity index (χ3v) is 3.15. The Morgan fingerprint density at radius 2 is 1.74 bits per heavy atom. The Balaban J connectivity index is 2.32. The molecule has 0 heterocycles. The van der Waals surface area contributed by atoms with Gasteiger partial charge in [0.05, 0.1) is 12.7 Å². The number of aliphatic hydroxyl groups excluding tert-OH is 2. The standard InChI is InChI=1S/C13H12ClNO4/c14-10-11(15-5-7(17)6-16)13(19)9-4-2-1-3-8(9)12(10)18/h1-4,7,15-17H,5-6H2. The van der Waals surface area contributed by atoms with Crippen molar-refractivity contribution >= 4 is 23.2 Å². The highest BCUT2D eigenvalue weighted by molar-refractivity contribution is 6.49. The van der Waals surface area contributed by atoms with Crippen molar-refractivity contribution in [3.8, 4) is 0 Å². The van der Waals surface area contributed by atoms with E-state index in [1.54, 1.807) is 18.2 Å². The summed E-state index contributed by atoms with van der Waals surface area (Å²) >= 11 is 5.88. The van der Waals surface area contributed by atoms with Crippen molar-refractivity contribution in [2.24, 2.45) is 0 Å². The maximum Gasteiger partial charge on any atom is 0.211 e. The Hall–Kier alpha value is -1.69. The van der Waals surface area contributed by atoms with E-state index in [0.29, 0.717) is 0 Å². The van der Waals surface area contributed by atoms with Gasteiger partial charge in [-0.1, -0.05) is 35.9 Å². The number of ketones is 2. The summed E-state index contributed by atoms with van der Waals surface area (Å²) in [5.41, 5.74) is 0.501. The quantitative estimate of drug-likeness (QED) is 0.746. The average molecular weight is 282 g/mol. The van der Waals surface area contributed by atoms with Crippen LogP contribution in [0.15, 0.2) is 35.0 Å². The summed E-state index contributed by atoms with van der Waals surface area (Å²) in [5, 5.41) is 20.4. The van der Waals surface area contributed by atoms with Crippen molar-refractivity contribution in [2.45, 2.75) is 6.10 Å². The van der Waals surface area contributed by atoms with Crippen LogP contribution < -0.4 is 5.32 Å². The molecule has 0 saturated carbocycles. The van der Waals surface area contributed by atoms with Gasteiger partial charge in [0.1, 0.15) is 10.7 Å². The van der Waals surface area contributed by atoms with Crippen molar-refractivity contribution in [1.29, 1.82) is 0 Å². The summed E-state index contributed by atoms with van der Waals surface area (Å²) in [6, 6.07) is 6.39. The lowest BCUT2D eigenvalue weighted by atomic mass is 9.92. The van der Waals surface area contributed by atoms with Gasteiger partial charge in [-0.3, -0.25) is 9.59 Å². The van der Waals surface area contributed by atoms with Crippen LogP contribution in [0.4, 0.5) is 0 Å². The fourth-order valence-electron chi connectivity index (χ4n) is 1.79. The van der Waals surface area contributed by atoms with Crippen molar-refractivity contribution < 1.29 is 19.8 Å². The van der Waals surface area contributed by atoms with Crippen LogP contribution in [-0.4, -0.2) is 41.0 Å². The molecule has 1 aliphatic rings. The minimum absolute atomic E-state index is 0.0436. The molecule has 3 N–H and O–H groups in total. The summed E-state index contributed by atoms with van der Waals surface area (Å²) in [5.74, 6) is -0.830. The summed E-state index contributed by atoms with van der Waals surface area (Å²) in [6.07, 6.45) is -1.03. The Kier molecular flexibility index (Phi) is 3.99. The Morgan fingerprint density at radius 3 is 2.32 bits per heavy atom. The number of hydrogen-bond donors (Lipinski definition) is 3. The number of aliphatic hydroxyl groups is 2. The molecule has 1 aliphatic carbocycles. The molecular weight excluding hydrogens is 270 g/mol. The van der Waals surface area contributed by atoms with E-state index in [4.69, 9.17) is 16.7 Å². The number of halogens is 1. The molecule has 0 fully saturated rings. The molecule has 0 bridgehead atoms. The zero-order valence-corrected chi connectivity index (χ0v) is 10.6. The molecule has 0 spiro atoms. The number of carbonyl (C=O) groups excluding carboxylic acids is 2. The van der Waals surface area contributed by atoms with Crippen LogP contribution in [-0.2, 0) is 0 Å². The number of benzene rings is 1. The van der Waals surface area contributed by atoms with Gasteiger partial charge in [0.2, 0.25) is 11.6 Å². The lowest BCUT2D eigenvalue weighted by Gasteiger charge is -2.19. The number of rotatable bonds is 4. The van der Waals surface area contributed by atoms with Crippen molar-refractivity contribution in [3.63, 3.8) is 0 Å². The second-order valence-electron chi connectivity index (χ2n) is 4.11. The lowest BCUT2D eigenvalue weighted by Crippen LogP contribution is -2.35. The number of hydrogen-bond acceptors (Lipinski definition) is 5. The molecule has 0 radical (unpaired) electrons. The number of nitrogens with one attached hydrogen (secondary N) is 1. The normalized spacial score (nSPS) is 16.4. The number of allylic oxidation sites excluding steroid dienone is 2. The van der Waals surface area contributed by atoms with E-state index in [2.05, 4.69) is 5.32 Å². The average Bonchev–Trinajstić information content (AvgIpc) is 2.44. The molecule has 0 amide bonds. The number of Topliss-reactive ketones (excluding diaryl/α,β-unsaturated/α-hetero) is 2. The van der Waals surface area contributed by atoms with Gasteiger partial charge in [-0.15, -0.1) is 0 Å². The minimum Gasteiger partial charge on any atom is -0.394 e. The molecule has 1 aromatic carbocycles. The molecular formula is C13H12ClNO4. The van der Waals surface area contributed by atoms with Crippen LogP contribution >= 0.6 is 11.6 Å². The summed E-state index contributed by atoms with van der Waals surface area (Å²) in [4.78, 5) is 24.2. The van der Waals surface area contributed by atoms with Gasteiger partial charge in [-0.25, -0.2) is 0 Å². The van der Waals surface area contributed by atoms with Crippen LogP contribution in [0.25, 0.3) is 0 Å². The van der Waals surface area contributed by atoms with E-state index in [9.17, 15) is 14.7 Å². The van der Waals surface area contributed by atoms with Gasteiger partial charge < -0.3 is 15.5 Å². The summed E-state index contributed by atoms with van der Waals surface area (Å²) < 4.78 is 0. The third-order valence-electron chi connectivity index (χ3n) is 2.79. The van der Waals surface area contributed by atoms with Crippen molar-refractivity contribution in [1.82, 2.24) is 5.32 Å². The molecule has 0 saturated heterocycles. The van der Waals surface area contributed by atoms with Gasteiger partial charge in [-0.05, 0) is 0 Å². The van der Waals surface area contributed by atoms with E-state index < -0.39 is 24.3 Å².